The largest absolute Gasteiger partial charge is 0.481 e. The van der Waals surface area contributed by atoms with E-state index in [0.717, 1.165) is 12.8 Å². The summed E-state index contributed by atoms with van der Waals surface area (Å²) in [7, 11) is 0. The third-order valence-corrected chi connectivity index (χ3v) is 1.64. The molecule has 1 rings (SSSR count). The zero-order chi connectivity index (χ0) is 7.40. The van der Waals surface area contributed by atoms with Crippen LogP contribution in [0.5, 0.6) is 0 Å². The summed E-state index contributed by atoms with van der Waals surface area (Å²) in [4.78, 5) is 10.2. The first-order valence-electron chi connectivity index (χ1n) is 3.44. The van der Waals surface area contributed by atoms with Gasteiger partial charge < -0.3 is 9.84 Å². The summed E-state index contributed by atoms with van der Waals surface area (Å²) >= 11 is 0. The van der Waals surface area contributed by atoms with E-state index in [0.29, 0.717) is 13.2 Å². The Labute approximate surface area is 60.0 Å². The topological polar surface area (TPSA) is 46.5 Å². The predicted octanol–water partition coefficient (Wildman–Crippen LogP) is 0.702. The average Bonchev–Trinajstić information content (AvgIpc) is 1.88. The highest BCUT2D eigenvalue weighted by Gasteiger charge is 2.16. The van der Waals surface area contributed by atoms with Crippen LogP contribution in [-0.2, 0) is 9.53 Å². The molecule has 3 nitrogen and oxygen atoms in total. The van der Waals surface area contributed by atoms with Crippen LogP contribution < -0.4 is 0 Å². The van der Waals surface area contributed by atoms with Crippen LogP contribution in [0.1, 0.15) is 12.8 Å². The Kier molecular flexibility index (Phi) is 2.68. The highest BCUT2D eigenvalue weighted by atomic mass is 16.5. The van der Waals surface area contributed by atoms with E-state index in [2.05, 4.69) is 0 Å². The Hall–Kier alpha value is -0.570. The van der Waals surface area contributed by atoms with E-state index in [9.17, 15) is 4.79 Å². The summed E-state index contributed by atoms with van der Waals surface area (Å²) < 4.78 is 5.07. The smallest absolute Gasteiger partial charge is 0.307 e. The van der Waals surface area contributed by atoms with Gasteiger partial charge in [0.05, 0.1) is 6.42 Å². The fourth-order valence-electron chi connectivity index (χ4n) is 1.08. The fourth-order valence-corrected chi connectivity index (χ4v) is 1.08. The third kappa shape index (κ3) is 2.35. The normalized spacial score (nSPS) is 20.8. The van der Waals surface area contributed by atoms with E-state index in [1.165, 1.54) is 6.42 Å². The first-order valence-corrected chi connectivity index (χ1v) is 3.44. The van der Waals surface area contributed by atoms with Crippen molar-refractivity contribution in [3.05, 3.63) is 6.42 Å². The Balaban J connectivity index is 2.19. The molecule has 57 valence electrons. The Morgan fingerprint density at radius 1 is 1.50 bits per heavy atom. The molecular weight excluding hydrogens is 132 g/mol. The Morgan fingerprint density at radius 3 is 2.60 bits per heavy atom. The number of hydrogen-bond acceptors (Lipinski definition) is 2. The maximum absolute atomic E-state index is 10.2. The molecule has 1 fully saturated rings. The maximum Gasteiger partial charge on any atom is 0.307 e. The molecule has 0 aliphatic carbocycles. The van der Waals surface area contributed by atoms with E-state index < -0.39 is 5.97 Å². The lowest BCUT2D eigenvalue weighted by atomic mass is 9.97. The van der Waals surface area contributed by atoms with Crippen molar-refractivity contribution in [2.75, 3.05) is 13.2 Å². The van der Waals surface area contributed by atoms with Crippen molar-refractivity contribution < 1.29 is 14.6 Å². The van der Waals surface area contributed by atoms with Gasteiger partial charge >= 0.3 is 5.97 Å². The minimum atomic E-state index is -0.813. The molecule has 1 saturated heterocycles. The molecule has 3 heteroatoms. The van der Waals surface area contributed by atoms with E-state index in [4.69, 9.17) is 9.84 Å². The van der Waals surface area contributed by atoms with Gasteiger partial charge in [0.2, 0.25) is 0 Å². The van der Waals surface area contributed by atoms with Crippen LogP contribution in [0.4, 0.5) is 0 Å². The van der Waals surface area contributed by atoms with Gasteiger partial charge in [-0.1, -0.05) is 0 Å². The average molecular weight is 143 g/mol. The number of carbonyl (C=O) groups is 1. The molecular formula is C7H11O3. The number of aliphatic carboxylic acids is 1. The molecule has 1 N–H and O–H groups in total. The lowest BCUT2D eigenvalue weighted by molar-refractivity contribution is -0.134. The molecule has 0 amide bonds. The van der Waals surface area contributed by atoms with Gasteiger partial charge in [-0.2, -0.15) is 0 Å². The fraction of sp³-hybridized carbons (Fsp3) is 0.714. The number of ether oxygens (including phenoxy) is 1. The predicted molar refractivity (Wildman–Crippen MR) is 35.5 cm³/mol. The molecule has 1 aliphatic rings. The minimum Gasteiger partial charge on any atom is -0.481 e. The lowest BCUT2D eigenvalue weighted by Gasteiger charge is -2.19. The van der Waals surface area contributed by atoms with E-state index >= 15 is 0 Å². The van der Waals surface area contributed by atoms with Crippen LogP contribution >= 0.6 is 0 Å². The van der Waals surface area contributed by atoms with Gasteiger partial charge in [-0.05, 0) is 18.8 Å². The molecule has 0 unspecified atom stereocenters. The van der Waals surface area contributed by atoms with Crippen molar-refractivity contribution in [3.8, 4) is 0 Å². The molecule has 0 aromatic rings. The second-order valence-electron chi connectivity index (χ2n) is 2.45. The zero-order valence-corrected chi connectivity index (χ0v) is 5.75. The Bertz CT molecular complexity index is 116. The Morgan fingerprint density at radius 2 is 2.10 bits per heavy atom. The number of carboxylic acid groups (broad SMARTS) is 1. The van der Waals surface area contributed by atoms with Gasteiger partial charge in [0.25, 0.3) is 0 Å². The zero-order valence-electron chi connectivity index (χ0n) is 5.75. The van der Waals surface area contributed by atoms with Crippen molar-refractivity contribution in [1.82, 2.24) is 0 Å². The molecule has 0 spiro atoms. The van der Waals surface area contributed by atoms with E-state index in [-0.39, 0.29) is 5.92 Å². The SMILES string of the molecule is O=C(O)[CH]C1CCOCC1. The van der Waals surface area contributed by atoms with Crippen molar-refractivity contribution >= 4 is 5.97 Å². The molecule has 0 saturated carbocycles. The van der Waals surface area contributed by atoms with Crippen LogP contribution in [0.2, 0.25) is 0 Å². The molecule has 0 aromatic carbocycles. The number of hydrogen-bond donors (Lipinski definition) is 1. The molecule has 0 aromatic heterocycles. The number of rotatable bonds is 2. The third-order valence-electron chi connectivity index (χ3n) is 1.64. The van der Waals surface area contributed by atoms with Crippen LogP contribution in [-0.4, -0.2) is 24.3 Å². The van der Waals surface area contributed by atoms with Gasteiger partial charge in [0, 0.05) is 13.2 Å². The van der Waals surface area contributed by atoms with Gasteiger partial charge in [0.1, 0.15) is 0 Å². The van der Waals surface area contributed by atoms with Crippen molar-refractivity contribution in [3.63, 3.8) is 0 Å². The van der Waals surface area contributed by atoms with Gasteiger partial charge in [-0.15, -0.1) is 0 Å². The monoisotopic (exact) mass is 143 g/mol. The molecule has 1 radical (unpaired) electrons. The molecule has 1 aliphatic heterocycles. The van der Waals surface area contributed by atoms with Crippen LogP contribution in [0, 0.1) is 12.3 Å². The summed E-state index contributed by atoms with van der Waals surface area (Å²) in [6.45, 7) is 1.41. The lowest BCUT2D eigenvalue weighted by Crippen LogP contribution is -2.18. The second kappa shape index (κ2) is 3.56. The summed E-state index contributed by atoms with van der Waals surface area (Å²) in [6.07, 6.45) is 3.07. The quantitative estimate of drug-likeness (QED) is 0.619. The summed E-state index contributed by atoms with van der Waals surface area (Å²) in [5.74, 6) is -0.585. The summed E-state index contributed by atoms with van der Waals surface area (Å²) in [6, 6.07) is 0. The standard InChI is InChI=1S/C7H11O3/c8-7(9)5-6-1-3-10-4-2-6/h5-6H,1-4H2,(H,8,9). The first kappa shape index (κ1) is 7.54. The molecule has 0 atom stereocenters. The highest BCUT2D eigenvalue weighted by Crippen LogP contribution is 2.16. The summed E-state index contributed by atoms with van der Waals surface area (Å²) in [5, 5.41) is 8.37. The van der Waals surface area contributed by atoms with Crippen LogP contribution in [0.3, 0.4) is 0 Å². The van der Waals surface area contributed by atoms with Gasteiger partial charge in [-0.3, -0.25) is 4.79 Å². The minimum absolute atomic E-state index is 0.228. The molecule has 0 bridgehead atoms. The number of carboxylic acids is 1. The molecule has 1 heterocycles. The first-order chi connectivity index (χ1) is 4.79. The van der Waals surface area contributed by atoms with E-state index in [1.807, 2.05) is 0 Å². The van der Waals surface area contributed by atoms with Crippen LogP contribution in [0.25, 0.3) is 0 Å². The highest BCUT2D eigenvalue weighted by molar-refractivity contribution is 5.76. The summed E-state index contributed by atoms with van der Waals surface area (Å²) in [5.41, 5.74) is 0. The second-order valence-corrected chi connectivity index (χ2v) is 2.45. The van der Waals surface area contributed by atoms with Crippen molar-refractivity contribution in [1.29, 1.82) is 0 Å². The molecule has 10 heavy (non-hydrogen) atoms. The van der Waals surface area contributed by atoms with Crippen molar-refractivity contribution in [2.45, 2.75) is 12.8 Å². The van der Waals surface area contributed by atoms with Crippen LogP contribution in [0.15, 0.2) is 0 Å². The van der Waals surface area contributed by atoms with E-state index in [1.54, 1.807) is 0 Å². The van der Waals surface area contributed by atoms with Gasteiger partial charge in [-0.25, -0.2) is 0 Å². The van der Waals surface area contributed by atoms with Crippen molar-refractivity contribution in [2.24, 2.45) is 5.92 Å². The maximum atomic E-state index is 10.2. The van der Waals surface area contributed by atoms with Gasteiger partial charge in [0.15, 0.2) is 0 Å².